The summed E-state index contributed by atoms with van der Waals surface area (Å²) in [4.78, 5) is 12.4. The number of aromatic nitrogens is 3. The zero-order valence-corrected chi connectivity index (χ0v) is 18.4. The summed E-state index contributed by atoms with van der Waals surface area (Å²) in [5, 5.41) is 12.2. The Balaban J connectivity index is 1.64. The molecule has 1 aromatic heterocycles. The molecular formula is C22H26N4O3S. The highest BCUT2D eigenvalue weighted by Crippen LogP contribution is 2.27. The zero-order chi connectivity index (χ0) is 21.5. The van der Waals surface area contributed by atoms with Crippen LogP contribution in [0.15, 0.2) is 53.7 Å². The summed E-state index contributed by atoms with van der Waals surface area (Å²) >= 11 is 1.36. The van der Waals surface area contributed by atoms with E-state index in [0.29, 0.717) is 23.3 Å². The topological polar surface area (TPSA) is 78.3 Å². The van der Waals surface area contributed by atoms with Gasteiger partial charge in [-0.05, 0) is 44.5 Å². The van der Waals surface area contributed by atoms with Crippen LogP contribution < -0.4 is 14.8 Å². The van der Waals surface area contributed by atoms with Crippen molar-refractivity contribution in [2.24, 2.45) is 0 Å². The molecule has 3 aromatic rings. The second-order valence-corrected chi connectivity index (χ2v) is 7.62. The van der Waals surface area contributed by atoms with Crippen molar-refractivity contribution in [3.05, 3.63) is 59.9 Å². The van der Waals surface area contributed by atoms with E-state index < -0.39 is 0 Å². The second-order valence-electron chi connectivity index (χ2n) is 6.68. The largest absolute Gasteiger partial charge is 0.497 e. The number of hydrogen-bond acceptors (Lipinski definition) is 6. The highest BCUT2D eigenvalue weighted by molar-refractivity contribution is 7.99. The Kier molecular flexibility index (Phi) is 7.35. The molecule has 0 saturated carbocycles. The Morgan fingerprint density at radius 1 is 1.17 bits per heavy atom. The monoisotopic (exact) mass is 426 g/mol. The lowest BCUT2D eigenvalue weighted by Gasteiger charge is -2.16. The van der Waals surface area contributed by atoms with Gasteiger partial charge in [0.15, 0.2) is 17.1 Å². The molecule has 0 aliphatic rings. The van der Waals surface area contributed by atoms with E-state index in [0.717, 1.165) is 17.0 Å². The summed E-state index contributed by atoms with van der Waals surface area (Å²) in [5.41, 5.74) is 1.85. The number of anilines is 1. The minimum Gasteiger partial charge on any atom is -0.497 e. The molecule has 1 unspecified atom stereocenters. The van der Waals surface area contributed by atoms with E-state index in [2.05, 4.69) is 15.5 Å². The van der Waals surface area contributed by atoms with Crippen LogP contribution in [0.3, 0.4) is 0 Å². The van der Waals surface area contributed by atoms with Crippen molar-refractivity contribution in [1.29, 1.82) is 0 Å². The van der Waals surface area contributed by atoms with Gasteiger partial charge in [-0.15, -0.1) is 10.2 Å². The van der Waals surface area contributed by atoms with Crippen LogP contribution in [0.5, 0.6) is 11.5 Å². The lowest BCUT2D eigenvalue weighted by molar-refractivity contribution is -0.113. The lowest BCUT2D eigenvalue weighted by Crippen LogP contribution is -2.16. The van der Waals surface area contributed by atoms with Gasteiger partial charge in [0, 0.05) is 18.3 Å². The molecule has 0 saturated heterocycles. The Bertz CT molecular complexity index is 1010. The first-order chi connectivity index (χ1) is 14.5. The number of carbonyl (C=O) groups is 1. The third kappa shape index (κ3) is 5.33. The minimum atomic E-state index is -0.306. The standard InChI is InChI=1S/C22H26N4O3S/c1-5-26-21(16(3)29-18-11-8-10-17(13-18)28-4)24-25-22(26)30-14-20(27)23-19-12-7-6-9-15(19)2/h6-13,16H,5,14H2,1-4H3,(H,23,27). The lowest BCUT2D eigenvalue weighted by atomic mass is 10.2. The van der Waals surface area contributed by atoms with Gasteiger partial charge >= 0.3 is 0 Å². The van der Waals surface area contributed by atoms with Crippen molar-refractivity contribution in [3.63, 3.8) is 0 Å². The van der Waals surface area contributed by atoms with Crippen LogP contribution >= 0.6 is 11.8 Å². The first kappa shape index (κ1) is 21.7. The molecule has 0 spiro atoms. The van der Waals surface area contributed by atoms with E-state index in [4.69, 9.17) is 9.47 Å². The molecule has 0 aliphatic carbocycles. The van der Waals surface area contributed by atoms with Gasteiger partial charge in [0.1, 0.15) is 11.5 Å². The van der Waals surface area contributed by atoms with Crippen LogP contribution in [0.1, 0.15) is 31.3 Å². The van der Waals surface area contributed by atoms with Crippen molar-refractivity contribution >= 4 is 23.4 Å². The van der Waals surface area contributed by atoms with E-state index in [1.165, 1.54) is 11.8 Å². The number of hydrogen-bond donors (Lipinski definition) is 1. The molecule has 1 atom stereocenters. The smallest absolute Gasteiger partial charge is 0.234 e. The van der Waals surface area contributed by atoms with Gasteiger partial charge in [-0.1, -0.05) is 36.0 Å². The number of amides is 1. The Hall–Kier alpha value is -3.00. The summed E-state index contributed by atoms with van der Waals surface area (Å²) in [5.74, 6) is 2.30. The summed E-state index contributed by atoms with van der Waals surface area (Å²) in [6, 6.07) is 15.1. The normalized spacial score (nSPS) is 11.7. The van der Waals surface area contributed by atoms with E-state index in [1.807, 2.05) is 73.9 Å². The fourth-order valence-electron chi connectivity index (χ4n) is 2.97. The van der Waals surface area contributed by atoms with Gasteiger partial charge in [0.05, 0.1) is 12.9 Å². The Labute approximate surface area is 180 Å². The van der Waals surface area contributed by atoms with Crippen molar-refractivity contribution in [1.82, 2.24) is 14.8 Å². The SMILES string of the molecule is CCn1c(SCC(=O)Nc2ccccc2C)nnc1C(C)Oc1cccc(OC)c1. The maximum atomic E-state index is 12.4. The van der Waals surface area contributed by atoms with Gasteiger partial charge < -0.3 is 19.4 Å². The van der Waals surface area contributed by atoms with Gasteiger partial charge in [-0.3, -0.25) is 4.79 Å². The van der Waals surface area contributed by atoms with Crippen molar-refractivity contribution in [3.8, 4) is 11.5 Å². The number of ether oxygens (including phenoxy) is 2. The Morgan fingerprint density at radius 2 is 1.93 bits per heavy atom. The van der Waals surface area contributed by atoms with E-state index in [-0.39, 0.29) is 17.8 Å². The van der Waals surface area contributed by atoms with Crippen LogP contribution in [0.4, 0.5) is 5.69 Å². The number of methoxy groups -OCH3 is 1. The van der Waals surface area contributed by atoms with Crippen molar-refractivity contribution in [2.45, 2.75) is 38.6 Å². The maximum absolute atomic E-state index is 12.4. The number of aryl methyl sites for hydroxylation is 1. The first-order valence-electron chi connectivity index (χ1n) is 9.74. The fourth-order valence-corrected chi connectivity index (χ4v) is 3.78. The molecule has 0 bridgehead atoms. The number of rotatable bonds is 9. The van der Waals surface area contributed by atoms with E-state index in [1.54, 1.807) is 7.11 Å². The molecule has 1 N–H and O–H groups in total. The minimum absolute atomic E-state index is 0.0813. The Morgan fingerprint density at radius 3 is 2.67 bits per heavy atom. The molecule has 8 heteroatoms. The average molecular weight is 427 g/mol. The number of carbonyl (C=O) groups excluding carboxylic acids is 1. The summed E-state index contributed by atoms with van der Waals surface area (Å²) in [6.07, 6.45) is -0.306. The van der Waals surface area contributed by atoms with E-state index >= 15 is 0 Å². The number of nitrogens with one attached hydrogen (secondary N) is 1. The predicted octanol–water partition coefficient (Wildman–Crippen LogP) is 4.49. The number of benzene rings is 2. The molecule has 0 radical (unpaired) electrons. The van der Waals surface area contributed by atoms with Crippen LogP contribution in [0.2, 0.25) is 0 Å². The molecule has 2 aromatic carbocycles. The van der Waals surface area contributed by atoms with Crippen molar-refractivity contribution < 1.29 is 14.3 Å². The molecule has 0 aliphatic heterocycles. The van der Waals surface area contributed by atoms with Gasteiger partial charge in [-0.25, -0.2) is 0 Å². The van der Waals surface area contributed by atoms with Crippen LogP contribution in [0.25, 0.3) is 0 Å². The average Bonchev–Trinajstić information content (AvgIpc) is 3.17. The number of thioether (sulfide) groups is 1. The fraction of sp³-hybridized carbons (Fsp3) is 0.318. The van der Waals surface area contributed by atoms with Crippen LogP contribution in [-0.2, 0) is 11.3 Å². The zero-order valence-electron chi connectivity index (χ0n) is 17.6. The maximum Gasteiger partial charge on any atom is 0.234 e. The molecule has 1 amide bonds. The molecule has 1 heterocycles. The summed E-state index contributed by atoms with van der Waals surface area (Å²) < 4.78 is 13.2. The third-order valence-electron chi connectivity index (χ3n) is 4.53. The van der Waals surface area contributed by atoms with Crippen molar-refractivity contribution in [2.75, 3.05) is 18.2 Å². The quantitative estimate of drug-likeness (QED) is 0.508. The van der Waals surface area contributed by atoms with Crippen LogP contribution in [0, 0.1) is 6.92 Å². The number of para-hydroxylation sites is 1. The molecular weight excluding hydrogens is 400 g/mol. The summed E-state index contributed by atoms with van der Waals surface area (Å²) in [6.45, 7) is 6.58. The molecule has 7 nitrogen and oxygen atoms in total. The molecule has 30 heavy (non-hydrogen) atoms. The molecule has 158 valence electrons. The third-order valence-corrected chi connectivity index (χ3v) is 5.50. The predicted molar refractivity (Wildman–Crippen MR) is 118 cm³/mol. The second kappa shape index (κ2) is 10.2. The highest BCUT2D eigenvalue weighted by atomic mass is 32.2. The first-order valence-corrected chi connectivity index (χ1v) is 10.7. The number of nitrogens with zero attached hydrogens (tertiary/aromatic N) is 3. The molecule has 0 fully saturated rings. The van der Waals surface area contributed by atoms with Crippen LogP contribution in [-0.4, -0.2) is 33.5 Å². The van der Waals surface area contributed by atoms with E-state index in [9.17, 15) is 4.79 Å². The van der Waals surface area contributed by atoms with Gasteiger partial charge in [0.25, 0.3) is 0 Å². The summed E-state index contributed by atoms with van der Waals surface area (Å²) in [7, 11) is 1.62. The molecule has 3 rings (SSSR count). The van der Waals surface area contributed by atoms with Gasteiger partial charge in [0.2, 0.25) is 5.91 Å². The highest BCUT2D eigenvalue weighted by Gasteiger charge is 2.19. The van der Waals surface area contributed by atoms with Gasteiger partial charge in [-0.2, -0.15) is 0 Å².